The van der Waals surface area contributed by atoms with Crippen molar-refractivity contribution < 1.29 is 9.90 Å². The molecule has 1 aromatic carbocycles. The van der Waals surface area contributed by atoms with Crippen LogP contribution in [0.25, 0.3) is 0 Å². The van der Waals surface area contributed by atoms with E-state index in [0.29, 0.717) is 19.4 Å². The zero-order valence-electron chi connectivity index (χ0n) is 14.6. The summed E-state index contributed by atoms with van der Waals surface area (Å²) in [5.41, 5.74) is 0.160. The van der Waals surface area contributed by atoms with Crippen molar-refractivity contribution in [2.75, 3.05) is 37.6 Å². The van der Waals surface area contributed by atoms with Crippen LogP contribution in [0.2, 0.25) is 0 Å². The van der Waals surface area contributed by atoms with Crippen molar-refractivity contribution in [2.45, 2.75) is 44.2 Å². The molecule has 2 N–H and O–H groups in total. The molecule has 0 spiro atoms. The van der Waals surface area contributed by atoms with Gasteiger partial charge in [0.25, 0.3) is 5.91 Å². The first-order chi connectivity index (χ1) is 11.6. The van der Waals surface area contributed by atoms with Gasteiger partial charge < -0.3 is 15.3 Å². The zero-order valence-corrected chi connectivity index (χ0v) is 14.6. The van der Waals surface area contributed by atoms with Gasteiger partial charge in [0.15, 0.2) is 0 Å². The van der Waals surface area contributed by atoms with Gasteiger partial charge in [-0.25, -0.2) is 0 Å². The molecule has 2 fully saturated rings. The number of hydrogen-bond acceptors (Lipinski definition) is 4. The van der Waals surface area contributed by atoms with Crippen LogP contribution in [0, 0.1) is 0 Å². The van der Waals surface area contributed by atoms with E-state index in [1.165, 1.54) is 5.69 Å². The van der Waals surface area contributed by atoms with Crippen LogP contribution in [0.1, 0.15) is 32.6 Å². The van der Waals surface area contributed by atoms with E-state index >= 15 is 0 Å². The van der Waals surface area contributed by atoms with Gasteiger partial charge in [0.1, 0.15) is 5.60 Å². The maximum atomic E-state index is 12.2. The lowest BCUT2D eigenvalue weighted by atomic mass is 10.0. The van der Waals surface area contributed by atoms with E-state index < -0.39 is 5.60 Å². The highest BCUT2D eigenvalue weighted by atomic mass is 16.3. The summed E-state index contributed by atoms with van der Waals surface area (Å²) in [6.45, 7) is 6.76. The first-order valence-corrected chi connectivity index (χ1v) is 9.13. The lowest BCUT2D eigenvalue weighted by Gasteiger charge is -2.39. The molecule has 1 saturated carbocycles. The van der Waals surface area contributed by atoms with Gasteiger partial charge in [-0.1, -0.05) is 18.2 Å². The van der Waals surface area contributed by atoms with E-state index in [9.17, 15) is 9.90 Å². The lowest BCUT2D eigenvalue weighted by molar-refractivity contribution is -0.139. The van der Waals surface area contributed by atoms with Gasteiger partial charge in [-0.15, -0.1) is 0 Å². The molecule has 1 unspecified atom stereocenters. The van der Waals surface area contributed by atoms with Crippen LogP contribution in [0.3, 0.4) is 0 Å². The lowest BCUT2D eigenvalue weighted by Crippen LogP contribution is -2.54. The van der Waals surface area contributed by atoms with Crippen LogP contribution >= 0.6 is 0 Å². The summed E-state index contributed by atoms with van der Waals surface area (Å²) in [6.07, 6.45) is 3.09. The summed E-state index contributed by atoms with van der Waals surface area (Å²) >= 11 is 0. The molecule has 1 aliphatic carbocycles. The molecule has 1 aromatic rings. The Morgan fingerprint density at radius 2 is 1.79 bits per heavy atom. The highest BCUT2D eigenvalue weighted by molar-refractivity contribution is 5.85. The second-order valence-electron chi connectivity index (χ2n) is 7.16. The first kappa shape index (κ1) is 17.2. The molecule has 5 nitrogen and oxygen atoms in total. The molecule has 0 radical (unpaired) electrons. The van der Waals surface area contributed by atoms with Crippen LogP contribution in [0.4, 0.5) is 5.69 Å². The van der Waals surface area contributed by atoms with Crippen molar-refractivity contribution in [1.82, 2.24) is 10.2 Å². The number of carbonyl (C=O) groups excluding carboxylic acids is 1. The molecule has 1 heterocycles. The Morgan fingerprint density at radius 1 is 1.17 bits per heavy atom. The molecule has 2 aliphatic rings. The average molecular weight is 331 g/mol. The van der Waals surface area contributed by atoms with Crippen molar-refractivity contribution in [3.8, 4) is 0 Å². The van der Waals surface area contributed by atoms with E-state index in [4.69, 9.17) is 0 Å². The number of carbonyl (C=O) groups is 1. The third kappa shape index (κ3) is 3.90. The summed E-state index contributed by atoms with van der Waals surface area (Å²) in [7, 11) is 0. The number of anilines is 1. The molecule has 5 heteroatoms. The topological polar surface area (TPSA) is 55.8 Å². The van der Waals surface area contributed by atoms with Gasteiger partial charge in [-0.3, -0.25) is 9.69 Å². The van der Waals surface area contributed by atoms with Gasteiger partial charge in [-0.05, 0) is 44.7 Å². The summed E-state index contributed by atoms with van der Waals surface area (Å²) in [5, 5.41) is 13.3. The largest absolute Gasteiger partial charge is 0.380 e. The monoisotopic (exact) mass is 331 g/mol. The Hall–Kier alpha value is -1.59. The van der Waals surface area contributed by atoms with Crippen LogP contribution in [-0.2, 0) is 4.79 Å². The van der Waals surface area contributed by atoms with Gasteiger partial charge in [0.05, 0.1) is 0 Å². The van der Waals surface area contributed by atoms with Gasteiger partial charge in [0, 0.05) is 44.5 Å². The minimum atomic E-state index is -1.12. The zero-order chi connectivity index (χ0) is 17.0. The quantitative estimate of drug-likeness (QED) is 0.861. The summed E-state index contributed by atoms with van der Waals surface area (Å²) in [4.78, 5) is 17.0. The number of hydrogen-bond donors (Lipinski definition) is 2. The van der Waals surface area contributed by atoms with E-state index in [1.807, 2.05) is 6.07 Å². The van der Waals surface area contributed by atoms with Gasteiger partial charge >= 0.3 is 0 Å². The van der Waals surface area contributed by atoms with Crippen LogP contribution in [-0.4, -0.2) is 60.3 Å². The maximum Gasteiger partial charge on any atom is 0.252 e. The fourth-order valence-electron chi connectivity index (χ4n) is 3.78. The molecule has 132 valence electrons. The second-order valence-corrected chi connectivity index (χ2v) is 7.16. The number of piperazine rings is 1. The smallest absolute Gasteiger partial charge is 0.252 e. The molecule has 24 heavy (non-hydrogen) atoms. The van der Waals surface area contributed by atoms with Crippen molar-refractivity contribution in [2.24, 2.45) is 0 Å². The molecular weight excluding hydrogens is 302 g/mol. The molecule has 1 aliphatic heterocycles. The molecule has 1 saturated heterocycles. The average Bonchev–Trinajstić information content (AvgIpc) is 3.08. The minimum Gasteiger partial charge on any atom is -0.380 e. The molecule has 1 amide bonds. The first-order valence-electron chi connectivity index (χ1n) is 9.13. The Labute approximate surface area is 144 Å². The summed E-state index contributed by atoms with van der Waals surface area (Å²) < 4.78 is 0. The van der Waals surface area contributed by atoms with Crippen molar-refractivity contribution in [3.05, 3.63) is 30.3 Å². The standard InChI is InChI=1S/C19H29N3O2/c1-16(15-20-18(23)19(24)9-5-6-10-19)21-11-13-22(14-12-21)17-7-3-2-4-8-17/h2-4,7-8,16,24H,5-6,9-15H2,1H3,(H,20,23). The van der Waals surface area contributed by atoms with Crippen molar-refractivity contribution in [1.29, 1.82) is 0 Å². The number of para-hydroxylation sites is 1. The Balaban J connectivity index is 1.44. The van der Waals surface area contributed by atoms with E-state index in [0.717, 1.165) is 39.0 Å². The van der Waals surface area contributed by atoms with E-state index in [2.05, 4.69) is 46.3 Å². The van der Waals surface area contributed by atoms with Gasteiger partial charge in [0.2, 0.25) is 0 Å². The molecule has 0 aromatic heterocycles. The third-order valence-corrected chi connectivity index (χ3v) is 5.47. The molecule has 0 bridgehead atoms. The van der Waals surface area contributed by atoms with E-state index in [1.54, 1.807) is 0 Å². The van der Waals surface area contributed by atoms with E-state index in [-0.39, 0.29) is 11.9 Å². The highest BCUT2D eigenvalue weighted by Gasteiger charge is 2.38. The van der Waals surface area contributed by atoms with Crippen LogP contribution in [0.15, 0.2) is 30.3 Å². The number of aliphatic hydroxyl groups is 1. The van der Waals surface area contributed by atoms with Crippen LogP contribution in [0.5, 0.6) is 0 Å². The fourth-order valence-corrected chi connectivity index (χ4v) is 3.78. The Morgan fingerprint density at radius 3 is 2.42 bits per heavy atom. The Kier molecular flexibility index (Phi) is 5.41. The number of benzene rings is 1. The number of nitrogens with one attached hydrogen (secondary N) is 1. The van der Waals surface area contributed by atoms with Gasteiger partial charge in [-0.2, -0.15) is 0 Å². The molecular formula is C19H29N3O2. The SMILES string of the molecule is CC(CNC(=O)C1(O)CCCC1)N1CCN(c2ccccc2)CC1. The highest BCUT2D eigenvalue weighted by Crippen LogP contribution is 2.29. The number of rotatable bonds is 5. The summed E-state index contributed by atoms with van der Waals surface area (Å²) in [6, 6.07) is 10.8. The molecule has 1 atom stereocenters. The third-order valence-electron chi connectivity index (χ3n) is 5.47. The summed E-state index contributed by atoms with van der Waals surface area (Å²) in [5.74, 6) is -0.185. The number of amides is 1. The normalized spacial score (nSPS) is 22.3. The molecule has 3 rings (SSSR count). The van der Waals surface area contributed by atoms with Crippen molar-refractivity contribution in [3.63, 3.8) is 0 Å². The van der Waals surface area contributed by atoms with Crippen LogP contribution < -0.4 is 10.2 Å². The fraction of sp³-hybridized carbons (Fsp3) is 0.632. The Bertz CT molecular complexity index is 535. The second kappa shape index (κ2) is 7.53. The van der Waals surface area contributed by atoms with Crippen molar-refractivity contribution >= 4 is 11.6 Å². The maximum absolute atomic E-state index is 12.2. The predicted molar refractivity (Wildman–Crippen MR) is 96.1 cm³/mol. The number of nitrogens with zero attached hydrogens (tertiary/aromatic N) is 2. The predicted octanol–water partition coefficient (Wildman–Crippen LogP) is 1.62. The minimum absolute atomic E-state index is 0.185.